The molecule has 1 N–H and O–H groups in total. The van der Waals surface area contributed by atoms with Crippen molar-refractivity contribution in [2.24, 2.45) is 0 Å². The monoisotopic (exact) mass is 351 g/mol. The number of methoxy groups -OCH3 is 1. The Balaban J connectivity index is 1.57. The Kier molecular flexibility index (Phi) is 5.89. The average molecular weight is 351 g/mol. The second kappa shape index (κ2) is 8.52. The standard InChI is InChI=1S/C21H25N3O2/c1-3-14-24-19-7-5-4-6-18(19)23-20(24)12-13-22-21(25)15-16-8-10-17(26-2)11-9-16/h4-11H,3,12-15H2,1-2H3,(H,22,25). The van der Waals surface area contributed by atoms with Crippen molar-refractivity contribution in [3.8, 4) is 5.75 Å². The van der Waals surface area contributed by atoms with Crippen molar-refractivity contribution in [3.05, 3.63) is 59.9 Å². The molecule has 3 rings (SSSR count). The zero-order valence-corrected chi connectivity index (χ0v) is 15.4. The highest BCUT2D eigenvalue weighted by Crippen LogP contribution is 2.17. The van der Waals surface area contributed by atoms with E-state index in [1.54, 1.807) is 7.11 Å². The van der Waals surface area contributed by atoms with Gasteiger partial charge in [-0.3, -0.25) is 4.79 Å². The summed E-state index contributed by atoms with van der Waals surface area (Å²) in [6.45, 7) is 3.69. The molecule has 0 saturated carbocycles. The SMILES string of the molecule is CCCn1c(CCNC(=O)Cc2ccc(OC)cc2)nc2ccccc21. The quantitative estimate of drug-likeness (QED) is 0.677. The Bertz CT molecular complexity index is 869. The number of nitrogens with one attached hydrogen (secondary N) is 1. The summed E-state index contributed by atoms with van der Waals surface area (Å²) in [4.78, 5) is 16.9. The molecule has 0 bridgehead atoms. The van der Waals surface area contributed by atoms with Crippen LogP contribution in [0.15, 0.2) is 48.5 Å². The van der Waals surface area contributed by atoms with Gasteiger partial charge in [-0.05, 0) is 36.2 Å². The lowest BCUT2D eigenvalue weighted by atomic mass is 10.1. The molecule has 0 aliphatic carbocycles. The van der Waals surface area contributed by atoms with Crippen LogP contribution in [0.2, 0.25) is 0 Å². The summed E-state index contributed by atoms with van der Waals surface area (Å²) in [5.41, 5.74) is 3.15. The van der Waals surface area contributed by atoms with Crippen LogP contribution in [0.1, 0.15) is 24.7 Å². The second-order valence-corrected chi connectivity index (χ2v) is 6.29. The zero-order valence-electron chi connectivity index (χ0n) is 15.4. The molecule has 1 heterocycles. The fourth-order valence-electron chi connectivity index (χ4n) is 3.09. The molecular formula is C21H25N3O2. The van der Waals surface area contributed by atoms with Crippen molar-refractivity contribution in [3.63, 3.8) is 0 Å². The molecule has 0 aliphatic rings. The zero-order chi connectivity index (χ0) is 18.4. The molecule has 5 nitrogen and oxygen atoms in total. The number of rotatable bonds is 8. The van der Waals surface area contributed by atoms with Crippen molar-refractivity contribution in [1.82, 2.24) is 14.9 Å². The highest BCUT2D eigenvalue weighted by atomic mass is 16.5. The molecule has 0 radical (unpaired) electrons. The van der Waals surface area contributed by atoms with Crippen LogP contribution in [-0.2, 0) is 24.2 Å². The highest BCUT2D eigenvalue weighted by Gasteiger charge is 2.10. The molecule has 0 aliphatic heterocycles. The number of carbonyl (C=O) groups excluding carboxylic acids is 1. The van der Waals surface area contributed by atoms with Crippen molar-refractivity contribution in [2.75, 3.05) is 13.7 Å². The van der Waals surface area contributed by atoms with E-state index in [4.69, 9.17) is 9.72 Å². The Morgan fingerprint density at radius 1 is 1.15 bits per heavy atom. The van der Waals surface area contributed by atoms with E-state index in [2.05, 4.69) is 22.9 Å². The molecular weight excluding hydrogens is 326 g/mol. The number of para-hydroxylation sites is 2. The Hall–Kier alpha value is -2.82. The lowest BCUT2D eigenvalue weighted by molar-refractivity contribution is -0.120. The van der Waals surface area contributed by atoms with Gasteiger partial charge in [0, 0.05) is 19.5 Å². The van der Waals surface area contributed by atoms with Crippen LogP contribution in [0.4, 0.5) is 0 Å². The van der Waals surface area contributed by atoms with E-state index in [0.717, 1.165) is 47.6 Å². The molecule has 1 amide bonds. The first-order valence-corrected chi connectivity index (χ1v) is 9.05. The van der Waals surface area contributed by atoms with Crippen LogP contribution in [0, 0.1) is 0 Å². The maximum absolute atomic E-state index is 12.2. The van der Waals surface area contributed by atoms with E-state index in [0.29, 0.717) is 13.0 Å². The first kappa shape index (κ1) is 18.0. The molecule has 0 spiro atoms. The largest absolute Gasteiger partial charge is 0.497 e. The number of imidazole rings is 1. The van der Waals surface area contributed by atoms with E-state index < -0.39 is 0 Å². The van der Waals surface area contributed by atoms with E-state index in [9.17, 15) is 4.79 Å². The average Bonchev–Trinajstić information content (AvgIpc) is 3.00. The fourth-order valence-corrected chi connectivity index (χ4v) is 3.09. The van der Waals surface area contributed by atoms with Crippen molar-refractivity contribution < 1.29 is 9.53 Å². The van der Waals surface area contributed by atoms with Crippen LogP contribution >= 0.6 is 0 Å². The normalized spacial score (nSPS) is 10.8. The van der Waals surface area contributed by atoms with Gasteiger partial charge in [0.1, 0.15) is 11.6 Å². The van der Waals surface area contributed by atoms with Crippen molar-refractivity contribution in [2.45, 2.75) is 32.7 Å². The van der Waals surface area contributed by atoms with Crippen LogP contribution in [0.3, 0.4) is 0 Å². The van der Waals surface area contributed by atoms with Gasteiger partial charge >= 0.3 is 0 Å². The number of benzene rings is 2. The summed E-state index contributed by atoms with van der Waals surface area (Å²) in [6.07, 6.45) is 2.15. The Morgan fingerprint density at radius 3 is 2.65 bits per heavy atom. The van der Waals surface area contributed by atoms with E-state index in [1.807, 2.05) is 42.5 Å². The van der Waals surface area contributed by atoms with Crippen molar-refractivity contribution in [1.29, 1.82) is 0 Å². The third-order valence-corrected chi connectivity index (χ3v) is 4.38. The van der Waals surface area contributed by atoms with Crippen molar-refractivity contribution >= 4 is 16.9 Å². The van der Waals surface area contributed by atoms with Crippen LogP contribution in [0.25, 0.3) is 11.0 Å². The maximum atomic E-state index is 12.2. The van der Waals surface area contributed by atoms with Gasteiger partial charge in [0.05, 0.1) is 24.6 Å². The number of ether oxygens (including phenoxy) is 1. The van der Waals surface area contributed by atoms with Gasteiger partial charge in [0.15, 0.2) is 0 Å². The molecule has 26 heavy (non-hydrogen) atoms. The number of hydrogen-bond acceptors (Lipinski definition) is 3. The van der Waals surface area contributed by atoms with E-state index in [1.165, 1.54) is 0 Å². The predicted molar refractivity (Wildman–Crippen MR) is 103 cm³/mol. The van der Waals surface area contributed by atoms with Gasteiger partial charge in [0.2, 0.25) is 5.91 Å². The summed E-state index contributed by atoms with van der Waals surface area (Å²) in [7, 11) is 1.63. The Morgan fingerprint density at radius 2 is 1.92 bits per heavy atom. The first-order chi connectivity index (χ1) is 12.7. The number of hydrogen-bond donors (Lipinski definition) is 1. The predicted octanol–water partition coefficient (Wildman–Crippen LogP) is 3.36. The molecule has 0 unspecified atom stereocenters. The highest BCUT2D eigenvalue weighted by molar-refractivity contribution is 5.78. The molecule has 0 saturated heterocycles. The molecule has 0 atom stereocenters. The third kappa shape index (κ3) is 4.23. The molecule has 2 aromatic carbocycles. The number of fused-ring (bicyclic) bond motifs is 1. The number of carbonyl (C=O) groups is 1. The summed E-state index contributed by atoms with van der Waals surface area (Å²) in [5, 5.41) is 3.00. The minimum absolute atomic E-state index is 0.0216. The maximum Gasteiger partial charge on any atom is 0.224 e. The minimum Gasteiger partial charge on any atom is -0.497 e. The lowest BCUT2D eigenvalue weighted by Gasteiger charge is -2.09. The smallest absolute Gasteiger partial charge is 0.224 e. The number of amides is 1. The topological polar surface area (TPSA) is 56.2 Å². The van der Waals surface area contributed by atoms with Gasteiger partial charge in [-0.2, -0.15) is 0 Å². The van der Waals surface area contributed by atoms with Gasteiger partial charge in [0.25, 0.3) is 0 Å². The van der Waals surface area contributed by atoms with Crippen LogP contribution in [0.5, 0.6) is 5.75 Å². The minimum atomic E-state index is 0.0216. The number of aromatic nitrogens is 2. The summed E-state index contributed by atoms with van der Waals surface area (Å²) >= 11 is 0. The molecule has 0 fully saturated rings. The second-order valence-electron chi connectivity index (χ2n) is 6.29. The first-order valence-electron chi connectivity index (χ1n) is 9.05. The third-order valence-electron chi connectivity index (χ3n) is 4.38. The summed E-state index contributed by atoms with van der Waals surface area (Å²) < 4.78 is 7.39. The van der Waals surface area contributed by atoms with Crippen LogP contribution < -0.4 is 10.1 Å². The van der Waals surface area contributed by atoms with Gasteiger partial charge in [-0.15, -0.1) is 0 Å². The summed E-state index contributed by atoms with van der Waals surface area (Å²) in [6, 6.07) is 15.8. The fraction of sp³-hybridized carbons (Fsp3) is 0.333. The van der Waals surface area contributed by atoms with Gasteiger partial charge in [-0.1, -0.05) is 31.2 Å². The Labute approximate surface area is 154 Å². The van der Waals surface area contributed by atoms with Gasteiger partial charge < -0.3 is 14.6 Å². The van der Waals surface area contributed by atoms with Gasteiger partial charge in [-0.25, -0.2) is 4.98 Å². The molecule has 3 aromatic rings. The number of nitrogens with zero attached hydrogens (tertiary/aromatic N) is 2. The van der Waals surface area contributed by atoms with Crippen LogP contribution in [-0.4, -0.2) is 29.1 Å². The lowest BCUT2D eigenvalue weighted by Crippen LogP contribution is -2.28. The molecule has 1 aromatic heterocycles. The number of aryl methyl sites for hydroxylation is 1. The molecule has 5 heteroatoms. The molecule has 136 valence electrons. The van der Waals surface area contributed by atoms with E-state index >= 15 is 0 Å². The van der Waals surface area contributed by atoms with E-state index in [-0.39, 0.29) is 5.91 Å². The summed E-state index contributed by atoms with van der Waals surface area (Å²) in [5.74, 6) is 1.84.